The molecular formula is C18H15N5O2. The third-order valence-corrected chi connectivity index (χ3v) is 3.65. The van der Waals surface area contributed by atoms with Gasteiger partial charge in [-0.3, -0.25) is 0 Å². The fraction of sp³-hybridized carbons (Fsp3) is 0.111. The molecule has 25 heavy (non-hydrogen) atoms. The van der Waals surface area contributed by atoms with Crippen LogP contribution < -0.4 is 4.74 Å². The Labute approximate surface area is 143 Å². The van der Waals surface area contributed by atoms with Crippen LogP contribution in [-0.4, -0.2) is 25.4 Å². The van der Waals surface area contributed by atoms with Crippen LogP contribution in [0, 0.1) is 0 Å². The van der Waals surface area contributed by atoms with Crippen LogP contribution in [0.5, 0.6) is 5.75 Å². The Morgan fingerprint density at radius 3 is 2.60 bits per heavy atom. The second kappa shape index (κ2) is 6.96. The highest BCUT2D eigenvalue weighted by Gasteiger charge is 2.08. The molecule has 7 heteroatoms. The summed E-state index contributed by atoms with van der Waals surface area (Å²) in [5.74, 6) is 1.47. The third kappa shape index (κ3) is 3.72. The molecule has 0 N–H and O–H groups in total. The lowest BCUT2D eigenvalue weighted by atomic mass is 10.1. The van der Waals surface area contributed by atoms with Gasteiger partial charge in [-0.2, -0.15) is 4.80 Å². The van der Waals surface area contributed by atoms with E-state index in [9.17, 15) is 0 Å². The monoisotopic (exact) mass is 333 g/mol. The molecule has 2 aromatic heterocycles. The van der Waals surface area contributed by atoms with Crippen molar-refractivity contribution < 1.29 is 9.26 Å². The van der Waals surface area contributed by atoms with E-state index < -0.39 is 0 Å². The van der Waals surface area contributed by atoms with Gasteiger partial charge in [0, 0.05) is 11.6 Å². The van der Waals surface area contributed by atoms with Crippen LogP contribution >= 0.6 is 0 Å². The minimum atomic E-state index is 0.394. The quantitative estimate of drug-likeness (QED) is 0.540. The molecule has 0 saturated heterocycles. The van der Waals surface area contributed by atoms with Crippen LogP contribution in [0.4, 0.5) is 0 Å². The van der Waals surface area contributed by atoms with E-state index in [1.807, 2.05) is 60.7 Å². The van der Waals surface area contributed by atoms with Crippen LogP contribution in [0.15, 0.2) is 71.5 Å². The molecule has 0 aliphatic rings. The number of hydrogen-bond acceptors (Lipinski definition) is 6. The highest BCUT2D eigenvalue weighted by molar-refractivity contribution is 5.59. The number of rotatable bonds is 6. The van der Waals surface area contributed by atoms with Crippen molar-refractivity contribution in [2.24, 2.45) is 0 Å². The lowest BCUT2D eigenvalue weighted by molar-refractivity contribution is 0.306. The maximum Gasteiger partial charge on any atom is 0.162 e. The first-order valence-corrected chi connectivity index (χ1v) is 7.80. The largest absolute Gasteiger partial charge is 0.489 e. The maximum absolute atomic E-state index is 5.79. The molecule has 0 atom stereocenters. The molecule has 0 saturated carbocycles. The van der Waals surface area contributed by atoms with Gasteiger partial charge in [-0.05, 0) is 35.0 Å². The van der Waals surface area contributed by atoms with Gasteiger partial charge in [0.15, 0.2) is 12.1 Å². The minimum absolute atomic E-state index is 0.394. The molecule has 0 fully saturated rings. The molecule has 4 rings (SSSR count). The van der Waals surface area contributed by atoms with Crippen LogP contribution in [0.3, 0.4) is 0 Å². The Morgan fingerprint density at radius 2 is 1.84 bits per heavy atom. The Bertz CT molecular complexity index is 918. The first-order chi connectivity index (χ1) is 12.4. The number of aromatic nitrogens is 5. The lowest BCUT2D eigenvalue weighted by Crippen LogP contribution is -2.02. The average molecular weight is 333 g/mol. The van der Waals surface area contributed by atoms with Gasteiger partial charge in [-0.15, -0.1) is 10.2 Å². The van der Waals surface area contributed by atoms with Gasteiger partial charge in [0.05, 0.1) is 0 Å². The summed E-state index contributed by atoms with van der Waals surface area (Å²) < 4.78 is 11.1. The van der Waals surface area contributed by atoms with Gasteiger partial charge in [-0.25, -0.2) is 0 Å². The predicted octanol–water partition coefficient (Wildman–Crippen LogP) is 2.96. The topological polar surface area (TPSA) is 78.9 Å². The summed E-state index contributed by atoms with van der Waals surface area (Å²) in [6.07, 6.45) is 1.38. The predicted molar refractivity (Wildman–Crippen MR) is 89.6 cm³/mol. The zero-order valence-corrected chi connectivity index (χ0v) is 13.3. The molecule has 0 radical (unpaired) electrons. The van der Waals surface area contributed by atoms with Crippen molar-refractivity contribution >= 4 is 0 Å². The molecule has 0 amide bonds. The van der Waals surface area contributed by atoms with Gasteiger partial charge in [0.2, 0.25) is 0 Å². The van der Waals surface area contributed by atoms with Crippen LogP contribution in [0.1, 0.15) is 11.3 Å². The maximum atomic E-state index is 5.79. The van der Waals surface area contributed by atoms with E-state index in [4.69, 9.17) is 9.26 Å². The van der Waals surface area contributed by atoms with Gasteiger partial charge in [0.1, 0.15) is 24.6 Å². The van der Waals surface area contributed by atoms with Crippen molar-refractivity contribution in [2.45, 2.75) is 13.2 Å². The van der Waals surface area contributed by atoms with Gasteiger partial charge >= 0.3 is 0 Å². The fourth-order valence-electron chi connectivity index (χ4n) is 2.39. The Hall–Kier alpha value is -3.48. The molecule has 0 spiro atoms. The fourth-order valence-corrected chi connectivity index (χ4v) is 2.39. The van der Waals surface area contributed by atoms with Crippen molar-refractivity contribution in [3.8, 4) is 17.0 Å². The summed E-state index contributed by atoms with van der Waals surface area (Å²) >= 11 is 0. The van der Waals surface area contributed by atoms with Gasteiger partial charge in [0.25, 0.3) is 0 Å². The van der Waals surface area contributed by atoms with E-state index in [1.54, 1.807) is 0 Å². The number of ether oxygens (including phenoxy) is 1. The molecule has 0 bridgehead atoms. The van der Waals surface area contributed by atoms with Gasteiger partial charge < -0.3 is 9.26 Å². The van der Waals surface area contributed by atoms with Crippen molar-refractivity contribution in [1.29, 1.82) is 0 Å². The Balaban J connectivity index is 1.41. The zero-order chi connectivity index (χ0) is 16.9. The first kappa shape index (κ1) is 15.1. The summed E-state index contributed by atoms with van der Waals surface area (Å²) in [7, 11) is 0. The van der Waals surface area contributed by atoms with E-state index >= 15 is 0 Å². The van der Waals surface area contributed by atoms with Crippen LogP contribution in [-0.2, 0) is 13.2 Å². The second-order valence-corrected chi connectivity index (χ2v) is 5.44. The summed E-state index contributed by atoms with van der Waals surface area (Å²) in [6.45, 7) is 0.935. The Kier molecular flexibility index (Phi) is 4.20. The molecule has 0 aliphatic heterocycles. The summed E-state index contributed by atoms with van der Waals surface area (Å²) in [6, 6.07) is 19.7. The Morgan fingerprint density at radius 1 is 1.00 bits per heavy atom. The molecule has 2 heterocycles. The number of nitrogens with zero attached hydrogens (tertiary/aromatic N) is 5. The summed E-state index contributed by atoms with van der Waals surface area (Å²) in [4.78, 5) is 1.44. The molecular weight excluding hydrogens is 318 g/mol. The van der Waals surface area contributed by atoms with E-state index in [0.717, 1.165) is 22.6 Å². The number of hydrogen-bond donors (Lipinski definition) is 0. The van der Waals surface area contributed by atoms with E-state index in [1.165, 1.54) is 11.1 Å². The first-order valence-electron chi connectivity index (χ1n) is 7.80. The summed E-state index contributed by atoms with van der Waals surface area (Å²) in [5, 5.41) is 15.5. The van der Waals surface area contributed by atoms with Crippen molar-refractivity contribution in [3.05, 3.63) is 78.3 Å². The zero-order valence-electron chi connectivity index (χ0n) is 13.3. The van der Waals surface area contributed by atoms with Crippen LogP contribution in [0.2, 0.25) is 0 Å². The smallest absolute Gasteiger partial charge is 0.162 e. The second-order valence-electron chi connectivity index (χ2n) is 5.44. The number of tetrazole rings is 1. The standard InChI is InChI=1S/C18H15N5O2/c1-2-4-14(5-3-1)12-24-16-8-6-15(7-9-16)18-10-17(25-21-18)11-23-20-13-19-22-23/h1-10,13H,11-12H2. The van der Waals surface area contributed by atoms with E-state index in [2.05, 4.69) is 20.6 Å². The molecule has 124 valence electrons. The minimum Gasteiger partial charge on any atom is -0.489 e. The highest BCUT2D eigenvalue weighted by atomic mass is 16.5. The van der Waals surface area contributed by atoms with Crippen molar-refractivity contribution in [3.63, 3.8) is 0 Å². The number of benzene rings is 2. The lowest BCUT2D eigenvalue weighted by Gasteiger charge is -2.06. The van der Waals surface area contributed by atoms with E-state index in [0.29, 0.717) is 18.9 Å². The highest BCUT2D eigenvalue weighted by Crippen LogP contribution is 2.23. The van der Waals surface area contributed by atoms with Crippen molar-refractivity contribution in [1.82, 2.24) is 25.4 Å². The van der Waals surface area contributed by atoms with Gasteiger partial charge in [-0.1, -0.05) is 35.5 Å². The summed E-state index contributed by atoms with van der Waals surface area (Å²) in [5.41, 5.74) is 2.84. The molecule has 4 aromatic rings. The molecule has 2 aromatic carbocycles. The average Bonchev–Trinajstić information content (AvgIpc) is 3.34. The third-order valence-electron chi connectivity index (χ3n) is 3.65. The molecule has 7 nitrogen and oxygen atoms in total. The normalized spacial score (nSPS) is 10.7. The van der Waals surface area contributed by atoms with Crippen LogP contribution in [0.25, 0.3) is 11.3 Å². The van der Waals surface area contributed by atoms with Crippen molar-refractivity contribution in [2.75, 3.05) is 0 Å². The molecule has 0 aliphatic carbocycles. The SMILES string of the molecule is c1ccc(COc2ccc(-c3cc(Cn4ncnn4)on3)cc2)cc1. The van der Waals surface area contributed by atoms with E-state index in [-0.39, 0.29) is 0 Å². The molecule has 0 unspecified atom stereocenters.